The molecule has 0 bridgehead atoms. The van der Waals surface area contributed by atoms with E-state index in [2.05, 4.69) is 10.3 Å². The lowest BCUT2D eigenvalue weighted by Gasteiger charge is -2.10. The van der Waals surface area contributed by atoms with Crippen LogP contribution >= 0.6 is 0 Å². The van der Waals surface area contributed by atoms with E-state index in [4.69, 9.17) is 0 Å². The summed E-state index contributed by atoms with van der Waals surface area (Å²) < 4.78 is 1.37. The van der Waals surface area contributed by atoms with Crippen LogP contribution in [0.3, 0.4) is 0 Å². The number of rotatable bonds is 4. The molecule has 0 unspecified atom stereocenters. The molecule has 5 nitrogen and oxygen atoms in total. The summed E-state index contributed by atoms with van der Waals surface area (Å²) in [5.41, 5.74) is 2.02. The largest absolute Gasteiger partial charge is 0.350 e. The number of hydrogen-bond acceptors (Lipinski definition) is 3. The Bertz CT molecular complexity index is 663. The second-order valence-electron chi connectivity index (χ2n) is 4.67. The normalized spacial score (nSPS) is 10.3. The number of nitrogens with zero attached hydrogens (tertiary/aromatic N) is 2. The predicted molar refractivity (Wildman–Crippen MR) is 76.3 cm³/mol. The Kier molecular flexibility index (Phi) is 4.30. The molecule has 0 spiro atoms. The monoisotopic (exact) mass is 271 g/mol. The number of benzene rings is 1. The molecule has 1 aromatic heterocycles. The van der Waals surface area contributed by atoms with Gasteiger partial charge >= 0.3 is 5.69 Å². The lowest BCUT2D eigenvalue weighted by molar-refractivity contribution is -0.121. The minimum Gasteiger partial charge on any atom is -0.350 e. The Hall–Kier alpha value is -2.43. The highest BCUT2D eigenvalue weighted by atomic mass is 16.2. The summed E-state index contributed by atoms with van der Waals surface area (Å²) in [6.07, 6.45) is 0. The van der Waals surface area contributed by atoms with Crippen LogP contribution in [0.25, 0.3) is 0 Å². The first kappa shape index (κ1) is 14.0. The Morgan fingerprint density at radius 3 is 2.60 bits per heavy atom. The van der Waals surface area contributed by atoms with E-state index in [1.807, 2.05) is 30.3 Å². The van der Waals surface area contributed by atoms with Gasteiger partial charge in [0.25, 0.3) is 0 Å². The van der Waals surface area contributed by atoms with Crippen molar-refractivity contribution in [3.63, 3.8) is 0 Å². The zero-order valence-corrected chi connectivity index (χ0v) is 11.6. The second-order valence-corrected chi connectivity index (χ2v) is 4.67. The van der Waals surface area contributed by atoms with E-state index < -0.39 is 5.69 Å². The zero-order chi connectivity index (χ0) is 14.5. The molecule has 0 fully saturated rings. The van der Waals surface area contributed by atoms with E-state index in [-0.39, 0.29) is 12.5 Å². The van der Waals surface area contributed by atoms with Crippen molar-refractivity contribution in [1.82, 2.24) is 14.9 Å². The number of aryl methyl sites for hydroxylation is 2. The van der Waals surface area contributed by atoms with Crippen molar-refractivity contribution < 1.29 is 4.79 Å². The topological polar surface area (TPSA) is 64.0 Å². The number of carbonyl (C=O) groups excluding carboxylic acids is 1. The molecule has 5 heteroatoms. The fourth-order valence-corrected chi connectivity index (χ4v) is 1.96. The molecule has 1 amide bonds. The van der Waals surface area contributed by atoms with Crippen molar-refractivity contribution >= 4 is 5.91 Å². The molecule has 0 aliphatic heterocycles. The SMILES string of the molecule is Cc1cc(C)n(CC(=O)NCc2ccccc2)c(=O)n1. The van der Waals surface area contributed by atoms with E-state index in [9.17, 15) is 9.59 Å². The number of carbonyl (C=O) groups is 1. The molecule has 0 saturated heterocycles. The van der Waals surface area contributed by atoms with Gasteiger partial charge in [-0.3, -0.25) is 9.36 Å². The summed E-state index contributed by atoms with van der Waals surface area (Å²) in [4.78, 5) is 27.5. The number of aromatic nitrogens is 2. The molecule has 0 aliphatic rings. The molecule has 2 aromatic rings. The second kappa shape index (κ2) is 6.14. The molecule has 1 N–H and O–H groups in total. The molecule has 0 atom stereocenters. The summed E-state index contributed by atoms with van der Waals surface area (Å²) in [5.74, 6) is -0.204. The van der Waals surface area contributed by atoms with Crippen molar-refractivity contribution in [1.29, 1.82) is 0 Å². The Labute approximate surface area is 117 Å². The van der Waals surface area contributed by atoms with Gasteiger partial charge in [0.2, 0.25) is 5.91 Å². The smallest absolute Gasteiger partial charge is 0.348 e. The van der Waals surface area contributed by atoms with Crippen LogP contribution in [-0.2, 0) is 17.9 Å². The van der Waals surface area contributed by atoms with E-state index in [1.165, 1.54) is 4.57 Å². The van der Waals surface area contributed by atoms with Crippen LogP contribution < -0.4 is 11.0 Å². The summed E-state index contributed by atoms with van der Waals surface area (Å²) in [6.45, 7) is 3.99. The van der Waals surface area contributed by atoms with E-state index >= 15 is 0 Å². The maximum Gasteiger partial charge on any atom is 0.348 e. The van der Waals surface area contributed by atoms with Gasteiger partial charge in [0.05, 0.1) is 0 Å². The molecule has 0 radical (unpaired) electrons. The van der Waals surface area contributed by atoms with Gasteiger partial charge in [-0.2, -0.15) is 4.98 Å². The van der Waals surface area contributed by atoms with Crippen molar-refractivity contribution in [2.75, 3.05) is 0 Å². The third-order valence-electron chi connectivity index (χ3n) is 2.98. The third-order valence-corrected chi connectivity index (χ3v) is 2.98. The fourth-order valence-electron chi connectivity index (χ4n) is 1.96. The number of amides is 1. The van der Waals surface area contributed by atoms with Crippen molar-refractivity contribution in [3.8, 4) is 0 Å². The first-order valence-electron chi connectivity index (χ1n) is 6.42. The summed E-state index contributed by atoms with van der Waals surface area (Å²) in [5, 5.41) is 2.79. The predicted octanol–water partition coefficient (Wildman–Crippen LogP) is 1.18. The van der Waals surface area contributed by atoms with Crippen LogP contribution in [0.4, 0.5) is 0 Å². The van der Waals surface area contributed by atoms with E-state index in [0.717, 1.165) is 11.3 Å². The van der Waals surface area contributed by atoms with E-state index in [1.54, 1.807) is 19.9 Å². The highest BCUT2D eigenvalue weighted by Crippen LogP contribution is 1.99. The van der Waals surface area contributed by atoms with Crippen molar-refractivity contribution in [2.45, 2.75) is 26.9 Å². The van der Waals surface area contributed by atoms with Gasteiger partial charge in [-0.05, 0) is 25.5 Å². The Balaban J connectivity index is 2.00. The van der Waals surface area contributed by atoms with Gasteiger partial charge in [0.15, 0.2) is 0 Å². The van der Waals surface area contributed by atoms with Gasteiger partial charge in [0, 0.05) is 17.9 Å². The molecule has 0 saturated carbocycles. The van der Waals surface area contributed by atoms with Crippen LogP contribution in [0.2, 0.25) is 0 Å². The van der Waals surface area contributed by atoms with Crippen molar-refractivity contribution in [3.05, 3.63) is 63.8 Å². The summed E-state index contributed by atoms with van der Waals surface area (Å²) in [7, 11) is 0. The lowest BCUT2D eigenvalue weighted by Crippen LogP contribution is -2.34. The Morgan fingerprint density at radius 2 is 1.95 bits per heavy atom. The van der Waals surface area contributed by atoms with Crippen LogP contribution in [-0.4, -0.2) is 15.5 Å². The molecule has 1 heterocycles. The van der Waals surface area contributed by atoms with Crippen molar-refractivity contribution in [2.24, 2.45) is 0 Å². The average Bonchev–Trinajstić information content (AvgIpc) is 2.42. The molecular weight excluding hydrogens is 254 g/mol. The highest BCUT2D eigenvalue weighted by Gasteiger charge is 2.08. The molecule has 20 heavy (non-hydrogen) atoms. The van der Waals surface area contributed by atoms with Crippen LogP contribution in [0, 0.1) is 13.8 Å². The van der Waals surface area contributed by atoms with Gasteiger partial charge < -0.3 is 5.32 Å². The molecule has 2 rings (SSSR count). The number of nitrogens with one attached hydrogen (secondary N) is 1. The van der Waals surface area contributed by atoms with E-state index in [0.29, 0.717) is 12.2 Å². The van der Waals surface area contributed by atoms with Gasteiger partial charge in [-0.1, -0.05) is 30.3 Å². The molecular formula is C15H17N3O2. The summed E-state index contributed by atoms with van der Waals surface area (Å²) in [6, 6.07) is 11.4. The molecule has 0 aliphatic carbocycles. The molecule has 1 aromatic carbocycles. The minimum absolute atomic E-state index is 0.00915. The quantitative estimate of drug-likeness (QED) is 0.908. The maximum atomic E-state index is 11.9. The van der Waals surface area contributed by atoms with Crippen LogP contribution in [0.15, 0.2) is 41.2 Å². The average molecular weight is 271 g/mol. The maximum absolute atomic E-state index is 11.9. The lowest BCUT2D eigenvalue weighted by atomic mass is 10.2. The Morgan fingerprint density at radius 1 is 1.25 bits per heavy atom. The number of hydrogen-bond donors (Lipinski definition) is 1. The molecule has 104 valence electrons. The first-order valence-corrected chi connectivity index (χ1v) is 6.42. The third kappa shape index (κ3) is 3.54. The van der Waals surface area contributed by atoms with Crippen LogP contribution in [0.5, 0.6) is 0 Å². The summed E-state index contributed by atoms with van der Waals surface area (Å²) >= 11 is 0. The standard InChI is InChI=1S/C15H17N3O2/c1-11-8-12(2)18(15(20)17-11)10-14(19)16-9-13-6-4-3-5-7-13/h3-8H,9-10H2,1-2H3,(H,16,19). The minimum atomic E-state index is -0.391. The van der Waals surface area contributed by atoms with Gasteiger partial charge in [-0.25, -0.2) is 4.79 Å². The fraction of sp³-hybridized carbons (Fsp3) is 0.267. The van der Waals surface area contributed by atoms with Crippen LogP contribution in [0.1, 0.15) is 17.0 Å². The first-order chi connectivity index (χ1) is 9.56. The zero-order valence-electron chi connectivity index (χ0n) is 11.6. The van der Waals surface area contributed by atoms with Gasteiger partial charge in [-0.15, -0.1) is 0 Å². The highest BCUT2D eigenvalue weighted by molar-refractivity contribution is 5.75. The van der Waals surface area contributed by atoms with Gasteiger partial charge in [0.1, 0.15) is 6.54 Å².